The summed E-state index contributed by atoms with van der Waals surface area (Å²) in [7, 11) is 0. The molecular weight excluding hydrogens is 374 g/mol. The van der Waals surface area contributed by atoms with Crippen molar-refractivity contribution >= 4 is 34.2 Å². The second-order valence-electron chi connectivity index (χ2n) is 8.81. The van der Waals surface area contributed by atoms with Gasteiger partial charge in [-0.25, -0.2) is 9.78 Å². The molecule has 1 aromatic carbocycles. The summed E-state index contributed by atoms with van der Waals surface area (Å²) in [5.41, 5.74) is 2.82. The number of hydrogen-bond donors (Lipinski definition) is 2. The van der Waals surface area contributed by atoms with E-state index in [1.807, 2.05) is 19.1 Å². The third kappa shape index (κ3) is 5.79. The molecule has 0 bridgehead atoms. The molecule has 0 atom stereocenters. The molecule has 0 unspecified atom stereocenters. The van der Waals surface area contributed by atoms with Crippen molar-refractivity contribution in [2.45, 2.75) is 66.4 Å². The van der Waals surface area contributed by atoms with Crippen LogP contribution in [-0.4, -0.2) is 22.6 Å². The number of nitrogens with one attached hydrogen (secondary N) is 2. The lowest BCUT2D eigenvalue weighted by Gasteiger charge is -2.23. The second kappa shape index (κ2) is 7.91. The SMILES string of the molecule is Cc1ccc(NC(=O)c2sc(NC(=O)OC(C)(C)C)nc2C)c(C(C)(C)C)c1. The van der Waals surface area contributed by atoms with Crippen LogP contribution >= 0.6 is 11.3 Å². The standard InChI is InChI=1S/C21H29N3O3S/c1-12-9-10-15(14(11-12)20(3,4)5)23-17(25)16-13(2)22-18(28-16)24-19(26)27-21(6,7)8/h9-11H,1-8H3,(H,23,25)(H,22,24,26). The lowest BCUT2D eigenvalue weighted by Crippen LogP contribution is -2.27. The van der Waals surface area contributed by atoms with Crippen molar-refractivity contribution in [2.24, 2.45) is 0 Å². The zero-order valence-corrected chi connectivity index (χ0v) is 18.6. The van der Waals surface area contributed by atoms with Crippen LogP contribution in [0.4, 0.5) is 15.6 Å². The van der Waals surface area contributed by atoms with Gasteiger partial charge in [-0.15, -0.1) is 0 Å². The number of anilines is 2. The van der Waals surface area contributed by atoms with E-state index in [1.165, 1.54) is 0 Å². The summed E-state index contributed by atoms with van der Waals surface area (Å²) in [6.07, 6.45) is -0.596. The molecule has 0 fully saturated rings. The van der Waals surface area contributed by atoms with E-state index in [-0.39, 0.29) is 11.3 Å². The molecule has 1 heterocycles. The van der Waals surface area contributed by atoms with E-state index < -0.39 is 11.7 Å². The van der Waals surface area contributed by atoms with Crippen molar-refractivity contribution in [2.75, 3.05) is 10.6 Å². The number of benzene rings is 1. The highest BCUT2D eigenvalue weighted by Gasteiger charge is 2.23. The Balaban J connectivity index is 2.21. The first-order chi connectivity index (χ1) is 12.8. The van der Waals surface area contributed by atoms with E-state index >= 15 is 0 Å². The van der Waals surface area contributed by atoms with Gasteiger partial charge in [0.2, 0.25) is 0 Å². The summed E-state index contributed by atoms with van der Waals surface area (Å²) in [6.45, 7) is 15.5. The van der Waals surface area contributed by atoms with Crippen LogP contribution in [0.1, 0.15) is 68.0 Å². The van der Waals surface area contributed by atoms with E-state index in [4.69, 9.17) is 4.74 Å². The first-order valence-corrected chi connectivity index (χ1v) is 9.98. The molecule has 2 rings (SSSR count). The van der Waals surface area contributed by atoms with E-state index in [2.05, 4.69) is 42.5 Å². The minimum atomic E-state index is -0.606. The maximum Gasteiger partial charge on any atom is 0.413 e. The van der Waals surface area contributed by atoms with Crippen LogP contribution < -0.4 is 10.6 Å². The number of amides is 2. The van der Waals surface area contributed by atoms with E-state index in [0.29, 0.717) is 15.7 Å². The summed E-state index contributed by atoms with van der Waals surface area (Å²) in [6, 6.07) is 5.98. The monoisotopic (exact) mass is 403 g/mol. The van der Waals surface area contributed by atoms with Gasteiger partial charge >= 0.3 is 6.09 Å². The minimum Gasteiger partial charge on any atom is -0.444 e. The Morgan fingerprint density at radius 3 is 2.25 bits per heavy atom. The highest BCUT2D eigenvalue weighted by atomic mass is 32.1. The third-order valence-electron chi connectivity index (χ3n) is 3.84. The molecule has 0 aliphatic carbocycles. The Morgan fingerprint density at radius 2 is 1.68 bits per heavy atom. The molecule has 2 aromatic rings. The normalized spacial score (nSPS) is 11.9. The molecule has 28 heavy (non-hydrogen) atoms. The van der Waals surface area contributed by atoms with E-state index in [1.54, 1.807) is 27.7 Å². The van der Waals surface area contributed by atoms with Gasteiger partial charge in [-0.2, -0.15) is 0 Å². The first-order valence-electron chi connectivity index (χ1n) is 9.16. The Bertz CT molecular complexity index is 889. The molecule has 2 N–H and O–H groups in total. The zero-order chi connectivity index (χ0) is 21.3. The van der Waals surface area contributed by atoms with Crippen LogP contribution in [0.5, 0.6) is 0 Å². The lowest BCUT2D eigenvalue weighted by atomic mass is 9.85. The molecule has 0 aliphatic rings. The minimum absolute atomic E-state index is 0.110. The number of thiazole rings is 1. The lowest BCUT2D eigenvalue weighted by molar-refractivity contribution is 0.0635. The number of aromatic nitrogens is 1. The van der Waals surface area contributed by atoms with Gasteiger partial charge in [-0.1, -0.05) is 49.8 Å². The summed E-state index contributed by atoms with van der Waals surface area (Å²) in [5, 5.41) is 5.91. The molecule has 2 amide bonds. The molecule has 152 valence electrons. The molecular formula is C21H29N3O3S. The van der Waals surface area contributed by atoms with Gasteiger partial charge in [-0.05, 0) is 51.7 Å². The van der Waals surface area contributed by atoms with Gasteiger partial charge in [0.25, 0.3) is 5.91 Å². The van der Waals surface area contributed by atoms with Crippen molar-refractivity contribution in [3.63, 3.8) is 0 Å². The third-order valence-corrected chi connectivity index (χ3v) is 4.91. The van der Waals surface area contributed by atoms with E-state index in [0.717, 1.165) is 28.2 Å². The van der Waals surface area contributed by atoms with Gasteiger partial charge in [0.15, 0.2) is 5.13 Å². The van der Waals surface area contributed by atoms with Gasteiger partial charge in [0.05, 0.1) is 5.69 Å². The average Bonchev–Trinajstić information content (AvgIpc) is 2.86. The molecule has 1 aromatic heterocycles. The van der Waals surface area contributed by atoms with E-state index in [9.17, 15) is 9.59 Å². The van der Waals surface area contributed by atoms with Crippen LogP contribution in [-0.2, 0) is 10.2 Å². The topological polar surface area (TPSA) is 80.3 Å². The first kappa shape index (κ1) is 21.9. The fourth-order valence-electron chi connectivity index (χ4n) is 2.62. The molecule has 7 heteroatoms. The molecule has 0 saturated carbocycles. The number of carbonyl (C=O) groups excluding carboxylic acids is 2. The van der Waals surface area contributed by atoms with Crippen molar-refractivity contribution < 1.29 is 14.3 Å². The summed E-state index contributed by atoms with van der Waals surface area (Å²) in [4.78, 5) is 29.5. The molecule has 0 saturated heterocycles. The van der Waals surface area contributed by atoms with Gasteiger partial charge < -0.3 is 10.1 Å². The van der Waals surface area contributed by atoms with Gasteiger partial charge in [0, 0.05) is 5.69 Å². The van der Waals surface area contributed by atoms with Crippen molar-refractivity contribution in [1.29, 1.82) is 0 Å². The second-order valence-corrected chi connectivity index (χ2v) is 9.81. The quantitative estimate of drug-likeness (QED) is 0.693. The zero-order valence-electron chi connectivity index (χ0n) is 17.8. The fraction of sp³-hybridized carbons (Fsp3) is 0.476. The number of rotatable bonds is 3. The molecule has 0 radical (unpaired) electrons. The Labute approximate surface area is 170 Å². The van der Waals surface area contributed by atoms with Crippen LogP contribution in [0.25, 0.3) is 0 Å². The predicted octanol–water partition coefficient (Wildman–Crippen LogP) is 5.66. The molecule has 6 nitrogen and oxygen atoms in total. The number of aryl methyl sites for hydroxylation is 2. The van der Waals surface area contributed by atoms with Crippen LogP contribution in [0.2, 0.25) is 0 Å². The highest BCUT2D eigenvalue weighted by molar-refractivity contribution is 7.17. The number of carbonyl (C=O) groups is 2. The van der Waals surface area contributed by atoms with Crippen molar-refractivity contribution in [3.05, 3.63) is 39.9 Å². The largest absolute Gasteiger partial charge is 0.444 e. The molecule has 0 aliphatic heterocycles. The summed E-state index contributed by atoms with van der Waals surface area (Å²) < 4.78 is 5.23. The summed E-state index contributed by atoms with van der Waals surface area (Å²) in [5.74, 6) is -0.249. The fourth-order valence-corrected chi connectivity index (χ4v) is 3.47. The maximum atomic E-state index is 12.8. The van der Waals surface area contributed by atoms with Gasteiger partial charge in [-0.3, -0.25) is 10.1 Å². The number of ether oxygens (including phenoxy) is 1. The van der Waals surface area contributed by atoms with Gasteiger partial charge in [0.1, 0.15) is 10.5 Å². The van der Waals surface area contributed by atoms with Crippen LogP contribution in [0.15, 0.2) is 18.2 Å². The Kier molecular flexibility index (Phi) is 6.18. The Morgan fingerprint density at radius 1 is 1.04 bits per heavy atom. The maximum absolute atomic E-state index is 12.8. The highest BCUT2D eigenvalue weighted by Crippen LogP contribution is 2.32. The van der Waals surface area contributed by atoms with Crippen molar-refractivity contribution in [3.8, 4) is 0 Å². The smallest absolute Gasteiger partial charge is 0.413 e. The van der Waals surface area contributed by atoms with Crippen molar-refractivity contribution in [1.82, 2.24) is 4.98 Å². The molecule has 0 spiro atoms. The average molecular weight is 404 g/mol. The van der Waals surface area contributed by atoms with Crippen LogP contribution in [0.3, 0.4) is 0 Å². The predicted molar refractivity (Wildman–Crippen MR) is 115 cm³/mol. The number of hydrogen-bond acceptors (Lipinski definition) is 5. The van der Waals surface area contributed by atoms with Crippen LogP contribution in [0, 0.1) is 13.8 Å². The number of nitrogens with zero attached hydrogens (tertiary/aromatic N) is 1. The summed E-state index contributed by atoms with van der Waals surface area (Å²) >= 11 is 1.12. The Hall–Kier alpha value is -2.41.